The van der Waals surface area contributed by atoms with E-state index in [0.29, 0.717) is 5.88 Å². The van der Waals surface area contributed by atoms with Crippen LogP contribution in [0.15, 0.2) is 12.1 Å². The number of aryl methyl sites for hydroxylation is 1. The van der Waals surface area contributed by atoms with Crippen LogP contribution in [0.5, 0.6) is 0 Å². The van der Waals surface area contributed by atoms with Crippen LogP contribution in [0, 0.1) is 10.5 Å². The molecule has 0 atom stereocenters. The number of nitrogens with zero attached hydrogens (tertiary/aromatic N) is 1. The Morgan fingerprint density at radius 2 is 2.31 bits per heavy atom. The number of alkyl halides is 1. The molecule has 0 aliphatic heterocycles. The van der Waals surface area contributed by atoms with Gasteiger partial charge in [-0.15, -0.1) is 11.6 Å². The van der Waals surface area contributed by atoms with E-state index in [0.717, 1.165) is 16.9 Å². The van der Waals surface area contributed by atoms with Crippen molar-refractivity contribution in [1.29, 1.82) is 0 Å². The first-order chi connectivity index (χ1) is 6.22. The van der Waals surface area contributed by atoms with Crippen molar-refractivity contribution in [3.8, 4) is 0 Å². The minimum Gasteiger partial charge on any atom is -0.341 e. The topological polar surface area (TPSA) is 28.7 Å². The van der Waals surface area contributed by atoms with Crippen molar-refractivity contribution in [2.24, 2.45) is 0 Å². The summed E-state index contributed by atoms with van der Waals surface area (Å²) in [5, 5.41) is 0. The Hall–Kier alpha value is -0.290. The molecule has 1 aromatic carbocycles. The van der Waals surface area contributed by atoms with Gasteiger partial charge in [-0.3, -0.25) is 0 Å². The maximum absolute atomic E-state index is 5.69. The fraction of sp³-hybridized carbons (Fsp3) is 0.222. The van der Waals surface area contributed by atoms with Gasteiger partial charge in [0.25, 0.3) is 0 Å². The van der Waals surface area contributed by atoms with E-state index in [-0.39, 0.29) is 0 Å². The summed E-state index contributed by atoms with van der Waals surface area (Å²) in [4.78, 5) is 7.57. The molecule has 0 saturated carbocycles. The van der Waals surface area contributed by atoms with E-state index in [2.05, 4.69) is 45.5 Å². The largest absolute Gasteiger partial charge is 0.341 e. The van der Waals surface area contributed by atoms with E-state index in [9.17, 15) is 0 Å². The van der Waals surface area contributed by atoms with Gasteiger partial charge < -0.3 is 4.98 Å². The lowest BCUT2D eigenvalue weighted by Crippen LogP contribution is -1.81. The fourth-order valence-corrected chi connectivity index (χ4v) is 1.86. The van der Waals surface area contributed by atoms with Gasteiger partial charge in [-0.1, -0.05) is 0 Å². The van der Waals surface area contributed by atoms with Crippen LogP contribution < -0.4 is 0 Å². The summed E-state index contributed by atoms with van der Waals surface area (Å²) in [6.45, 7) is 2.07. The van der Waals surface area contributed by atoms with E-state index < -0.39 is 0 Å². The second-order valence-electron chi connectivity index (χ2n) is 2.89. The highest BCUT2D eigenvalue weighted by Crippen LogP contribution is 2.21. The van der Waals surface area contributed by atoms with Crippen LogP contribution in [0.1, 0.15) is 11.4 Å². The second kappa shape index (κ2) is 3.46. The molecule has 13 heavy (non-hydrogen) atoms. The molecule has 0 unspecified atom stereocenters. The standard InChI is InChI=1S/C9H8ClIN2/c1-5-6(11)2-3-7-9(5)13-8(4-10)12-7/h2-3H,4H2,1H3,(H,12,13). The Balaban J connectivity index is 2.76. The summed E-state index contributed by atoms with van der Waals surface area (Å²) < 4.78 is 1.23. The highest BCUT2D eigenvalue weighted by Gasteiger charge is 2.06. The maximum atomic E-state index is 5.69. The van der Waals surface area contributed by atoms with Crippen LogP contribution in [0.2, 0.25) is 0 Å². The number of hydrogen-bond donors (Lipinski definition) is 1. The highest BCUT2D eigenvalue weighted by atomic mass is 127. The van der Waals surface area contributed by atoms with E-state index in [1.54, 1.807) is 0 Å². The third kappa shape index (κ3) is 1.55. The van der Waals surface area contributed by atoms with Crippen molar-refractivity contribution >= 4 is 45.2 Å². The molecule has 0 spiro atoms. The smallest absolute Gasteiger partial charge is 0.122 e. The minimum absolute atomic E-state index is 0.435. The number of H-pyrrole nitrogens is 1. The Kier molecular flexibility index (Phi) is 2.47. The Morgan fingerprint density at radius 3 is 3.00 bits per heavy atom. The normalized spacial score (nSPS) is 11.0. The number of aromatic amines is 1. The molecule has 0 saturated heterocycles. The SMILES string of the molecule is Cc1c(I)ccc2[nH]c(CCl)nc12. The molecule has 2 aromatic rings. The number of hydrogen-bond acceptors (Lipinski definition) is 1. The zero-order valence-corrected chi connectivity index (χ0v) is 9.98. The molecule has 1 aromatic heterocycles. The molecule has 0 bridgehead atoms. The number of nitrogens with one attached hydrogen (secondary N) is 1. The lowest BCUT2D eigenvalue weighted by atomic mass is 10.2. The summed E-state index contributed by atoms with van der Waals surface area (Å²) in [5.74, 6) is 1.27. The van der Waals surface area contributed by atoms with Crippen molar-refractivity contribution in [1.82, 2.24) is 9.97 Å². The summed E-state index contributed by atoms with van der Waals surface area (Å²) in [7, 11) is 0. The van der Waals surface area contributed by atoms with Gasteiger partial charge in [0.15, 0.2) is 0 Å². The minimum atomic E-state index is 0.435. The Morgan fingerprint density at radius 1 is 1.54 bits per heavy atom. The van der Waals surface area contributed by atoms with Gasteiger partial charge in [0.05, 0.1) is 16.9 Å². The van der Waals surface area contributed by atoms with E-state index in [4.69, 9.17) is 11.6 Å². The van der Waals surface area contributed by atoms with Crippen LogP contribution in [-0.4, -0.2) is 9.97 Å². The Labute approximate surface area is 94.8 Å². The van der Waals surface area contributed by atoms with Crippen LogP contribution in [-0.2, 0) is 5.88 Å². The molecule has 2 nitrogen and oxygen atoms in total. The Bertz CT molecular complexity index is 450. The summed E-state index contributed by atoms with van der Waals surface area (Å²) >= 11 is 8.00. The summed E-state index contributed by atoms with van der Waals surface area (Å²) in [6.07, 6.45) is 0. The van der Waals surface area contributed by atoms with Crippen molar-refractivity contribution in [2.45, 2.75) is 12.8 Å². The number of fused-ring (bicyclic) bond motifs is 1. The van der Waals surface area contributed by atoms with Gasteiger partial charge in [-0.05, 0) is 47.2 Å². The number of imidazole rings is 1. The number of rotatable bonds is 1. The monoisotopic (exact) mass is 306 g/mol. The molecular weight excluding hydrogens is 298 g/mol. The molecule has 1 N–H and O–H groups in total. The van der Waals surface area contributed by atoms with Gasteiger partial charge in [0.2, 0.25) is 0 Å². The van der Waals surface area contributed by atoms with E-state index in [1.807, 2.05) is 6.07 Å². The molecule has 68 valence electrons. The van der Waals surface area contributed by atoms with Crippen molar-refractivity contribution in [3.63, 3.8) is 0 Å². The predicted octanol–water partition coefficient (Wildman–Crippen LogP) is 3.21. The van der Waals surface area contributed by atoms with Crippen LogP contribution in [0.3, 0.4) is 0 Å². The summed E-state index contributed by atoms with van der Waals surface area (Å²) in [6, 6.07) is 4.11. The number of aromatic nitrogens is 2. The predicted molar refractivity (Wildman–Crippen MR) is 63.1 cm³/mol. The average Bonchev–Trinajstić information content (AvgIpc) is 2.55. The quantitative estimate of drug-likeness (QED) is 0.636. The lowest BCUT2D eigenvalue weighted by Gasteiger charge is -1.96. The van der Waals surface area contributed by atoms with Gasteiger partial charge in [0.1, 0.15) is 5.82 Å². The molecule has 0 amide bonds. The highest BCUT2D eigenvalue weighted by molar-refractivity contribution is 14.1. The maximum Gasteiger partial charge on any atom is 0.122 e. The first-order valence-electron chi connectivity index (χ1n) is 3.92. The van der Waals surface area contributed by atoms with Crippen molar-refractivity contribution < 1.29 is 0 Å². The number of benzene rings is 1. The lowest BCUT2D eigenvalue weighted by molar-refractivity contribution is 1.13. The molecule has 0 aliphatic rings. The second-order valence-corrected chi connectivity index (χ2v) is 4.32. The fourth-order valence-electron chi connectivity index (χ4n) is 1.30. The van der Waals surface area contributed by atoms with Crippen LogP contribution >= 0.6 is 34.2 Å². The van der Waals surface area contributed by atoms with Crippen LogP contribution in [0.4, 0.5) is 0 Å². The first kappa shape index (κ1) is 9.27. The van der Waals surface area contributed by atoms with E-state index in [1.165, 1.54) is 9.13 Å². The third-order valence-corrected chi connectivity index (χ3v) is 3.44. The van der Waals surface area contributed by atoms with Gasteiger partial charge >= 0.3 is 0 Å². The number of halogens is 2. The van der Waals surface area contributed by atoms with Crippen molar-refractivity contribution in [3.05, 3.63) is 27.1 Å². The first-order valence-corrected chi connectivity index (χ1v) is 5.53. The average molecular weight is 307 g/mol. The molecule has 2 rings (SSSR count). The molecule has 1 heterocycles. The molecule has 0 aliphatic carbocycles. The van der Waals surface area contributed by atoms with Gasteiger partial charge in [0, 0.05) is 3.57 Å². The molecule has 0 radical (unpaired) electrons. The van der Waals surface area contributed by atoms with Crippen LogP contribution in [0.25, 0.3) is 11.0 Å². The van der Waals surface area contributed by atoms with Gasteiger partial charge in [-0.2, -0.15) is 0 Å². The third-order valence-electron chi connectivity index (χ3n) is 2.02. The molecular formula is C9H8ClIN2. The van der Waals surface area contributed by atoms with Gasteiger partial charge in [-0.25, -0.2) is 4.98 Å². The summed E-state index contributed by atoms with van der Waals surface area (Å²) in [5.41, 5.74) is 3.31. The van der Waals surface area contributed by atoms with Crippen molar-refractivity contribution in [2.75, 3.05) is 0 Å². The zero-order valence-electron chi connectivity index (χ0n) is 7.06. The molecule has 0 fully saturated rings. The molecule has 4 heteroatoms. The van der Waals surface area contributed by atoms with E-state index >= 15 is 0 Å². The zero-order chi connectivity index (χ0) is 9.42.